The molecule has 1 aliphatic carbocycles. The molecule has 14 heavy (non-hydrogen) atoms. The topological polar surface area (TPSA) is 17.1 Å². The zero-order valence-electron chi connectivity index (χ0n) is 7.61. The average molecular weight is 273 g/mol. The molecule has 2 unspecified atom stereocenters. The predicted molar refractivity (Wildman–Crippen MR) is 50.3 cm³/mol. The number of hydrogen-bond donors (Lipinski definition) is 0. The Hall–Kier alpha value is -0.0600. The van der Waals surface area contributed by atoms with Gasteiger partial charge < -0.3 is 0 Å². The minimum Gasteiger partial charge on any atom is -0.298 e. The van der Waals surface area contributed by atoms with Gasteiger partial charge in [-0.1, -0.05) is 22.4 Å². The van der Waals surface area contributed by atoms with Gasteiger partial charge in [0, 0.05) is 5.92 Å². The van der Waals surface area contributed by atoms with Crippen molar-refractivity contribution in [2.75, 3.05) is 5.33 Å². The number of carbonyl (C=O) groups excluding carboxylic acids is 1. The van der Waals surface area contributed by atoms with E-state index in [9.17, 15) is 18.0 Å². The second kappa shape index (κ2) is 4.64. The van der Waals surface area contributed by atoms with E-state index < -0.39 is 18.0 Å². The number of halogens is 4. The standard InChI is InChI=1S/C9H12BrF3O/c10-5-8(14)6-2-1-3-7(4-6)9(11,12)13/h6-7H,1-5H2. The number of alkyl halides is 4. The molecule has 1 saturated carbocycles. The Balaban J connectivity index is 2.56. The van der Waals surface area contributed by atoms with Crippen molar-refractivity contribution in [2.45, 2.75) is 31.9 Å². The molecule has 0 spiro atoms. The van der Waals surface area contributed by atoms with Crippen LogP contribution in [0.5, 0.6) is 0 Å². The molecule has 0 saturated heterocycles. The van der Waals surface area contributed by atoms with Crippen LogP contribution < -0.4 is 0 Å². The number of rotatable bonds is 2. The third-order valence-electron chi connectivity index (χ3n) is 2.72. The van der Waals surface area contributed by atoms with Gasteiger partial charge in [-0.25, -0.2) is 0 Å². The van der Waals surface area contributed by atoms with Crippen LogP contribution in [0.3, 0.4) is 0 Å². The average Bonchev–Trinajstić information content (AvgIpc) is 2.15. The lowest BCUT2D eigenvalue weighted by atomic mass is 9.79. The second-order valence-corrected chi connectivity index (χ2v) is 4.26. The van der Waals surface area contributed by atoms with Crippen molar-refractivity contribution in [3.8, 4) is 0 Å². The number of hydrogen-bond acceptors (Lipinski definition) is 1. The molecular formula is C9H12BrF3O. The number of Topliss-reactive ketones (excluding diaryl/α,β-unsaturated/α-hetero) is 1. The molecule has 0 N–H and O–H groups in total. The molecular weight excluding hydrogens is 261 g/mol. The molecule has 82 valence electrons. The Morgan fingerprint density at radius 1 is 1.36 bits per heavy atom. The van der Waals surface area contributed by atoms with Crippen LogP contribution in [-0.4, -0.2) is 17.3 Å². The van der Waals surface area contributed by atoms with Crippen molar-refractivity contribution in [2.24, 2.45) is 11.8 Å². The zero-order valence-corrected chi connectivity index (χ0v) is 9.20. The lowest BCUT2D eigenvalue weighted by Crippen LogP contribution is -2.32. The minimum atomic E-state index is -4.13. The molecule has 1 rings (SSSR count). The van der Waals surface area contributed by atoms with Gasteiger partial charge >= 0.3 is 6.18 Å². The first-order valence-corrected chi connectivity index (χ1v) is 5.72. The van der Waals surface area contributed by atoms with Gasteiger partial charge in [-0.05, 0) is 19.3 Å². The smallest absolute Gasteiger partial charge is 0.298 e. The number of carbonyl (C=O) groups is 1. The van der Waals surface area contributed by atoms with Gasteiger partial charge in [-0.3, -0.25) is 4.79 Å². The Bertz CT molecular complexity index is 215. The largest absolute Gasteiger partial charge is 0.391 e. The highest BCUT2D eigenvalue weighted by atomic mass is 79.9. The fourth-order valence-electron chi connectivity index (χ4n) is 1.89. The molecule has 0 amide bonds. The third kappa shape index (κ3) is 2.97. The lowest BCUT2D eigenvalue weighted by Gasteiger charge is -2.29. The minimum absolute atomic E-state index is 0.0199. The van der Waals surface area contributed by atoms with Crippen molar-refractivity contribution in [1.82, 2.24) is 0 Å². The highest BCUT2D eigenvalue weighted by Crippen LogP contribution is 2.40. The summed E-state index contributed by atoms with van der Waals surface area (Å²) in [4.78, 5) is 11.2. The summed E-state index contributed by atoms with van der Waals surface area (Å²) in [6.45, 7) is 0. The monoisotopic (exact) mass is 272 g/mol. The van der Waals surface area contributed by atoms with Crippen LogP contribution in [0.25, 0.3) is 0 Å². The summed E-state index contributed by atoms with van der Waals surface area (Å²) in [6, 6.07) is 0. The molecule has 0 heterocycles. The maximum Gasteiger partial charge on any atom is 0.391 e. The van der Waals surface area contributed by atoms with E-state index >= 15 is 0 Å². The maximum absolute atomic E-state index is 12.4. The van der Waals surface area contributed by atoms with E-state index in [-0.39, 0.29) is 24.0 Å². The van der Waals surface area contributed by atoms with E-state index in [0.717, 1.165) is 0 Å². The SMILES string of the molecule is O=C(CBr)C1CCCC(C(F)(F)F)C1. The van der Waals surface area contributed by atoms with E-state index in [4.69, 9.17) is 0 Å². The van der Waals surface area contributed by atoms with Crippen LogP contribution in [0.2, 0.25) is 0 Å². The highest BCUT2D eigenvalue weighted by Gasteiger charge is 2.43. The van der Waals surface area contributed by atoms with Gasteiger partial charge in [-0.2, -0.15) is 13.2 Å². The van der Waals surface area contributed by atoms with Crippen LogP contribution in [0.4, 0.5) is 13.2 Å². The summed E-state index contributed by atoms with van der Waals surface area (Å²) in [7, 11) is 0. The Morgan fingerprint density at radius 3 is 2.50 bits per heavy atom. The fraction of sp³-hybridized carbons (Fsp3) is 0.889. The van der Waals surface area contributed by atoms with Gasteiger partial charge in [0.05, 0.1) is 11.2 Å². The van der Waals surface area contributed by atoms with Gasteiger partial charge in [0.1, 0.15) is 5.78 Å². The second-order valence-electron chi connectivity index (χ2n) is 3.70. The van der Waals surface area contributed by atoms with Crippen LogP contribution >= 0.6 is 15.9 Å². The summed E-state index contributed by atoms with van der Waals surface area (Å²) < 4.78 is 37.1. The first kappa shape index (κ1) is 12.0. The third-order valence-corrected chi connectivity index (χ3v) is 3.28. The maximum atomic E-state index is 12.4. The molecule has 0 aromatic carbocycles. The zero-order chi connectivity index (χ0) is 10.8. The molecule has 0 aromatic rings. The predicted octanol–water partition coefficient (Wildman–Crippen LogP) is 3.32. The molecule has 1 aliphatic rings. The van der Waals surface area contributed by atoms with E-state index in [1.807, 2.05) is 0 Å². The fourth-order valence-corrected chi connectivity index (χ4v) is 2.35. The van der Waals surface area contributed by atoms with Gasteiger partial charge in [0.15, 0.2) is 0 Å². The first-order valence-electron chi connectivity index (χ1n) is 4.60. The molecule has 5 heteroatoms. The summed E-state index contributed by atoms with van der Waals surface area (Å²) in [6.07, 6.45) is -2.86. The van der Waals surface area contributed by atoms with Crippen molar-refractivity contribution in [3.05, 3.63) is 0 Å². The molecule has 1 fully saturated rings. The molecule has 2 atom stereocenters. The first-order chi connectivity index (χ1) is 6.45. The molecule has 0 radical (unpaired) electrons. The Morgan fingerprint density at radius 2 is 2.00 bits per heavy atom. The Kier molecular flexibility index (Phi) is 3.98. The summed E-state index contributed by atoms with van der Waals surface area (Å²) >= 11 is 2.99. The van der Waals surface area contributed by atoms with Gasteiger partial charge in [0.25, 0.3) is 0 Å². The quantitative estimate of drug-likeness (QED) is 0.705. The van der Waals surface area contributed by atoms with Crippen molar-refractivity contribution < 1.29 is 18.0 Å². The van der Waals surface area contributed by atoms with Crippen LogP contribution in [0.15, 0.2) is 0 Å². The van der Waals surface area contributed by atoms with E-state index in [1.54, 1.807) is 0 Å². The summed E-state index contributed by atoms with van der Waals surface area (Å²) in [5.74, 6) is -1.77. The van der Waals surface area contributed by atoms with E-state index in [0.29, 0.717) is 12.8 Å². The van der Waals surface area contributed by atoms with Crippen molar-refractivity contribution in [3.63, 3.8) is 0 Å². The highest BCUT2D eigenvalue weighted by molar-refractivity contribution is 9.09. The molecule has 0 aromatic heterocycles. The van der Waals surface area contributed by atoms with Crippen molar-refractivity contribution in [1.29, 1.82) is 0 Å². The van der Waals surface area contributed by atoms with E-state index in [1.165, 1.54) is 0 Å². The van der Waals surface area contributed by atoms with Crippen molar-refractivity contribution >= 4 is 21.7 Å². The van der Waals surface area contributed by atoms with Gasteiger partial charge in [-0.15, -0.1) is 0 Å². The lowest BCUT2D eigenvalue weighted by molar-refractivity contribution is -0.185. The Labute approximate surface area is 89.2 Å². The van der Waals surface area contributed by atoms with E-state index in [2.05, 4.69) is 15.9 Å². The van der Waals surface area contributed by atoms with Gasteiger partial charge in [0.2, 0.25) is 0 Å². The molecule has 1 nitrogen and oxygen atoms in total. The normalized spacial score (nSPS) is 28.9. The van der Waals surface area contributed by atoms with Crippen LogP contribution in [0, 0.1) is 11.8 Å². The summed E-state index contributed by atoms with van der Waals surface area (Å²) in [5.41, 5.74) is 0. The molecule has 0 bridgehead atoms. The summed E-state index contributed by atoms with van der Waals surface area (Å²) in [5, 5.41) is 0.169. The molecule has 0 aliphatic heterocycles. The van der Waals surface area contributed by atoms with Crippen LogP contribution in [0.1, 0.15) is 25.7 Å². The number of ketones is 1. The van der Waals surface area contributed by atoms with Crippen LogP contribution in [-0.2, 0) is 4.79 Å².